The summed E-state index contributed by atoms with van der Waals surface area (Å²) in [6, 6.07) is 8.50. The largest absolute Gasteiger partial charge is 0.470 e. The predicted molar refractivity (Wildman–Crippen MR) is 110 cm³/mol. The van der Waals surface area contributed by atoms with E-state index in [1.807, 2.05) is 6.07 Å². The van der Waals surface area contributed by atoms with Crippen LogP contribution in [0.4, 0.5) is 10.6 Å². The maximum Gasteiger partial charge on any atom is 0.407 e. The molecule has 1 saturated heterocycles. The average molecular weight is 442 g/mol. The van der Waals surface area contributed by atoms with Crippen LogP contribution in [0.15, 0.2) is 24.3 Å². The summed E-state index contributed by atoms with van der Waals surface area (Å²) in [5, 5.41) is 27.8. The summed E-state index contributed by atoms with van der Waals surface area (Å²) in [5.74, 6) is -1.04. The van der Waals surface area contributed by atoms with Crippen molar-refractivity contribution in [1.82, 2.24) is 20.3 Å². The molecule has 12 heteroatoms. The van der Waals surface area contributed by atoms with Crippen molar-refractivity contribution in [3.63, 3.8) is 0 Å². The van der Waals surface area contributed by atoms with Crippen molar-refractivity contribution in [3.8, 4) is 23.3 Å². The van der Waals surface area contributed by atoms with Gasteiger partial charge in [0, 0.05) is 5.56 Å². The summed E-state index contributed by atoms with van der Waals surface area (Å²) in [6.45, 7) is 2.99. The first-order valence-electron chi connectivity index (χ1n) is 9.54. The number of likely N-dealkylation sites (tertiary alicyclic amines) is 1. The molecule has 168 valence electrons. The molecule has 0 bridgehead atoms. The van der Waals surface area contributed by atoms with E-state index in [4.69, 9.17) is 25.7 Å². The van der Waals surface area contributed by atoms with Gasteiger partial charge in [-0.2, -0.15) is 10.2 Å². The van der Waals surface area contributed by atoms with Gasteiger partial charge >= 0.3 is 6.09 Å². The number of aromatic nitrogens is 2. The van der Waals surface area contributed by atoms with Crippen molar-refractivity contribution >= 4 is 17.8 Å². The fourth-order valence-corrected chi connectivity index (χ4v) is 2.77. The van der Waals surface area contributed by atoms with E-state index in [-0.39, 0.29) is 42.8 Å². The van der Waals surface area contributed by atoms with Gasteiger partial charge in [-0.15, -0.1) is 0 Å². The van der Waals surface area contributed by atoms with Crippen LogP contribution in [0.1, 0.15) is 29.8 Å². The second kappa shape index (κ2) is 9.04. The topological polar surface area (TPSA) is 184 Å². The molecule has 0 atom stereocenters. The van der Waals surface area contributed by atoms with Gasteiger partial charge in [0.2, 0.25) is 5.88 Å². The molecular weight excluding hydrogens is 420 g/mol. The molecule has 0 aliphatic carbocycles. The van der Waals surface area contributed by atoms with Crippen molar-refractivity contribution in [3.05, 3.63) is 35.4 Å². The maximum absolute atomic E-state index is 12.7. The molecule has 0 unspecified atom stereocenters. The number of carboxylic acid groups (broad SMARTS) is 1. The van der Waals surface area contributed by atoms with Crippen LogP contribution in [0.3, 0.4) is 0 Å². The summed E-state index contributed by atoms with van der Waals surface area (Å²) >= 11 is 0. The molecule has 12 nitrogen and oxygen atoms in total. The van der Waals surface area contributed by atoms with Gasteiger partial charge in [-0.25, -0.2) is 15.3 Å². The number of ether oxygens (including phenoxy) is 1. The number of nitrogens with zero attached hydrogens (tertiary/aromatic N) is 4. The number of nitrogen functional groups attached to an aromatic ring is 1. The van der Waals surface area contributed by atoms with Crippen LogP contribution in [-0.4, -0.2) is 68.5 Å². The van der Waals surface area contributed by atoms with E-state index in [1.165, 1.54) is 13.8 Å². The predicted octanol–water partition coefficient (Wildman–Crippen LogP) is 0.771. The molecule has 2 amide bonds. The molecule has 1 aliphatic heterocycles. The summed E-state index contributed by atoms with van der Waals surface area (Å²) in [6.07, 6.45) is -1.62. The Kier molecular flexibility index (Phi) is 6.42. The summed E-state index contributed by atoms with van der Waals surface area (Å²) < 4.78 is 5.76. The molecule has 1 aromatic carbocycles. The van der Waals surface area contributed by atoms with Gasteiger partial charge in [0.05, 0.1) is 30.3 Å². The molecule has 1 aliphatic rings. The molecular formula is C20H22N6O6. The molecule has 2 heterocycles. The van der Waals surface area contributed by atoms with Crippen LogP contribution < -0.4 is 16.0 Å². The Bertz CT molecular complexity index is 1070. The van der Waals surface area contributed by atoms with Crippen LogP contribution in [0, 0.1) is 11.3 Å². The number of hydroxylamine groups is 1. The van der Waals surface area contributed by atoms with Crippen LogP contribution in [-0.2, 0) is 4.84 Å². The number of carbonyl (C=O) groups is 2. The van der Waals surface area contributed by atoms with Crippen molar-refractivity contribution in [2.45, 2.75) is 25.6 Å². The van der Waals surface area contributed by atoms with E-state index < -0.39 is 23.7 Å². The number of aliphatic hydroxyl groups is 1. The highest BCUT2D eigenvalue weighted by Crippen LogP contribution is 2.28. The minimum atomic E-state index is -1.18. The average Bonchev–Trinajstić information content (AvgIpc) is 2.68. The smallest absolute Gasteiger partial charge is 0.407 e. The van der Waals surface area contributed by atoms with E-state index in [0.29, 0.717) is 11.1 Å². The summed E-state index contributed by atoms with van der Waals surface area (Å²) in [7, 11) is 0. The molecule has 1 fully saturated rings. The number of anilines is 1. The number of benzene rings is 1. The second-order valence-electron chi connectivity index (χ2n) is 7.76. The van der Waals surface area contributed by atoms with E-state index in [9.17, 15) is 14.7 Å². The molecule has 1 aromatic heterocycles. The molecule has 5 N–H and O–H groups in total. The SMILES string of the molecule is CC(C)(O)CONC(=O)c1c(N)nc(-c2cccc(C#N)c2)nc1OC1CN(C(=O)O)C1. The Morgan fingerprint density at radius 2 is 2.09 bits per heavy atom. The van der Waals surface area contributed by atoms with E-state index in [2.05, 4.69) is 15.4 Å². The van der Waals surface area contributed by atoms with Gasteiger partial charge in [-0.05, 0) is 26.0 Å². The number of nitrogens with one attached hydrogen (secondary N) is 1. The van der Waals surface area contributed by atoms with Gasteiger partial charge in [0.15, 0.2) is 5.82 Å². The molecule has 3 rings (SSSR count). The third kappa shape index (κ3) is 5.39. The van der Waals surface area contributed by atoms with Crippen LogP contribution in [0.2, 0.25) is 0 Å². The lowest BCUT2D eigenvalue weighted by atomic mass is 10.1. The standard InChI is InChI=1S/C20H22N6O6/c1-20(2,30)10-31-25-17(27)14-15(22)23-16(12-5-3-4-11(6-12)7-21)24-18(14)32-13-8-26(9-13)19(28)29/h3-6,13,30H,8-10H2,1-2H3,(H,25,27)(H,28,29)(H2,22,23,24). The Hall–Kier alpha value is -3.95. The minimum absolute atomic E-state index is 0.0920. The number of carbonyl (C=O) groups excluding carboxylic acids is 1. The maximum atomic E-state index is 12.7. The van der Waals surface area contributed by atoms with Gasteiger partial charge in [0.25, 0.3) is 5.91 Å². The highest BCUT2D eigenvalue weighted by Gasteiger charge is 2.34. The van der Waals surface area contributed by atoms with Crippen LogP contribution in [0.25, 0.3) is 11.4 Å². The lowest BCUT2D eigenvalue weighted by molar-refractivity contribution is -0.0524. The Morgan fingerprint density at radius 3 is 2.72 bits per heavy atom. The van der Waals surface area contributed by atoms with Crippen molar-refractivity contribution in [1.29, 1.82) is 5.26 Å². The van der Waals surface area contributed by atoms with E-state index in [1.54, 1.807) is 24.3 Å². The first kappa shape index (κ1) is 22.7. The molecule has 0 spiro atoms. The molecule has 0 radical (unpaired) electrons. The fourth-order valence-electron chi connectivity index (χ4n) is 2.77. The van der Waals surface area contributed by atoms with Gasteiger partial charge in [-0.3, -0.25) is 9.63 Å². The quantitative estimate of drug-likeness (QED) is 0.447. The Balaban J connectivity index is 1.91. The monoisotopic (exact) mass is 442 g/mol. The molecule has 2 aromatic rings. The van der Waals surface area contributed by atoms with Crippen LogP contribution in [0.5, 0.6) is 5.88 Å². The van der Waals surface area contributed by atoms with Crippen molar-refractivity contribution in [2.24, 2.45) is 0 Å². The highest BCUT2D eigenvalue weighted by atomic mass is 16.7. The van der Waals surface area contributed by atoms with E-state index in [0.717, 1.165) is 4.90 Å². The fraction of sp³-hybridized carbons (Fsp3) is 0.350. The Morgan fingerprint density at radius 1 is 1.38 bits per heavy atom. The zero-order chi connectivity index (χ0) is 23.5. The summed E-state index contributed by atoms with van der Waals surface area (Å²) in [5.41, 5.74) is 7.67. The first-order valence-corrected chi connectivity index (χ1v) is 9.54. The Labute approximate surface area is 183 Å². The zero-order valence-electron chi connectivity index (χ0n) is 17.4. The van der Waals surface area contributed by atoms with Crippen LogP contribution >= 0.6 is 0 Å². The second-order valence-corrected chi connectivity index (χ2v) is 7.76. The third-order valence-electron chi connectivity index (χ3n) is 4.37. The van der Waals surface area contributed by atoms with Gasteiger partial charge in [-0.1, -0.05) is 12.1 Å². The zero-order valence-corrected chi connectivity index (χ0v) is 17.4. The first-order chi connectivity index (χ1) is 15.1. The molecule has 32 heavy (non-hydrogen) atoms. The number of hydrogen-bond donors (Lipinski definition) is 4. The lowest BCUT2D eigenvalue weighted by Crippen LogP contribution is -2.56. The number of nitrogens with two attached hydrogens (primary N) is 1. The van der Waals surface area contributed by atoms with Crippen molar-refractivity contribution in [2.75, 3.05) is 25.4 Å². The normalized spacial score (nSPS) is 13.8. The van der Waals surface area contributed by atoms with Gasteiger partial charge in [0.1, 0.15) is 24.1 Å². The number of hydrogen-bond acceptors (Lipinski definition) is 9. The lowest BCUT2D eigenvalue weighted by Gasteiger charge is -2.36. The molecule has 0 saturated carbocycles. The number of rotatable bonds is 7. The summed E-state index contributed by atoms with van der Waals surface area (Å²) in [4.78, 5) is 38.3. The van der Waals surface area contributed by atoms with E-state index >= 15 is 0 Å². The minimum Gasteiger partial charge on any atom is -0.470 e. The van der Waals surface area contributed by atoms with Gasteiger partial charge < -0.3 is 25.6 Å². The third-order valence-corrected chi connectivity index (χ3v) is 4.37. The number of nitriles is 1. The highest BCUT2D eigenvalue weighted by molar-refractivity contribution is 6.00. The van der Waals surface area contributed by atoms with Crippen molar-refractivity contribution < 1.29 is 29.4 Å². The number of amides is 2.